The second kappa shape index (κ2) is 19.2. The van der Waals surface area contributed by atoms with Gasteiger partial charge in [0.05, 0.1) is 28.2 Å². The Morgan fingerprint density at radius 1 is 0.282 bits per heavy atom. The maximum atomic E-state index is 7.41. The second-order valence-corrected chi connectivity index (χ2v) is 24.5. The van der Waals surface area contributed by atoms with Gasteiger partial charge in [0.2, 0.25) is 0 Å². The first-order valence-electron chi connectivity index (χ1n) is 31.1. The smallest absolute Gasteiger partial charge is 0.159 e. The molecular weight excluding hydrogens is 1030 g/mol. The van der Waals surface area contributed by atoms with Gasteiger partial charge in [0.1, 0.15) is 11.2 Å². The molecule has 4 aliphatic carbocycles. The fraction of sp³-hybridized carbons (Fsp3) is 0.160. The van der Waals surface area contributed by atoms with E-state index in [1.54, 1.807) is 0 Å². The molecule has 14 aromatic rings. The summed E-state index contributed by atoms with van der Waals surface area (Å²) in [5.41, 5.74) is 22.5. The highest BCUT2D eigenvalue weighted by Crippen LogP contribution is 2.67. The number of fused-ring (bicyclic) bond motifs is 20. The molecule has 4 nitrogen and oxygen atoms in total. The molecule has 0 bridgehead atoms. The van der Waals surface area contributed by atoms with E-state index in [0.29, 0.717) is 11.8 Å². The molecule has 0 aliphatic heterocycles. The molecule has 0 saturated heterocycles. The van der Waals surface area contributed by atoms with Gasteiger partial charge in [-0.15, -0.1) is 0 Å². The Morgan fingerprint density at radius 2 is 0.635 bits per heavy atom. The van der Waals surface area contributed by atoms with E-state index < -0.39 is 5.41 Å². The Morgan fingerprint density at radius 3 is 1.07 bits per heavy atom. The third-order valence-electron chi connectivity index (χ3n) is 20.2. The standard InChI is InChI=1S/C81H62N2O2/c1-5-25-51(26-6-1)55-39-21-41-63-65-43-23-47-71(79(65)84-77(55)63)82(53-29-9-3-10-30-53)73-49-69-75(61-37-15-13-35-59(61)73)76-62-38-16-14-36-60(62)74(50-70(76)81(69)67-45-19-17-33-57(67)58-34-18-20-46-68(58)81)83(54-31-11-4-12-32-54)72-48-24-44-66-64-42-22-40-56(78(64)85-80(66)72)52-27-7-2-8-28-52/h3-4,9-24,29-52H,1-2,5-8,25-28H2. The summed E-state index contributed by atoms with van der Waals surface area (Å²) in [6.45, 7) is 0. The molecule has 0 N–H and O–H groups in total. The molecule has 4 heteroatoms. The highest BCUT2D eigenvalue weighted by molar-refractivity contribution is 6.21. The third kappa shape index (κ3) is 7.09. The summed E-state index contributed by atoms with van der Waals surface area (Å²) in [4.78, 5) is 5.01. The lowest BCUT2D eigenvalue weighted by molar-refractivity contribution is 0.442. The summed E-state index contributed by atoms with van der Waals surface area (Å²) in [6.07, 6.45) is 12.5. The van der Waals surface area contributed by atoms with Gasteiger partial charge in [-0.25, -0.2) is 0 Å². The molecule has 0 amide bonds. The van der Waals surface area contributed by atoms with E-state index in [-0.39, 0.29) is 0 Å². The SMILES string of the molecule is c1ccc(N(c2cc3c(c4ccccc24)-c2c(cc(N(c4ccccc4)c4cccc5c4oc4c(C6CCCCC6)cccc45)c4ccccc24)C32c3ccccc3-c3ccccc32)c2cccc3c2oc2c(C4CCCCC4)cccc23)cc1. The lowest BCUT2D eigenvalue weighted by atomic mass is 9.70. The molecule has 408 valence electrons. The third-order valence-corrected chi connectivity index (χ3v) is 20.2. The molecule has 4 aliphatic rings. The van der Waals surface area contributed by atoms with Crippen LogP contribution in [-0.4, -0.2) is 0 Å². The number of benzene rings is 12. The van der Waals surface area contributed by atoms with Gasteiger partial charge in [0.15, 0.2) is 11.2 Å². The first-order valence-corrected chi connectivity index (χ1v) is 31.1. The summed E-state index contributed by atoms with van der Waals surface area (Å²) in [5.74, 6) is 0.994. The molecule has 0 unspecified atom stereocenters. The average Bonchev–Trinajstić information content (AvgIpc) is 1.54. The van der Waals surface area contributed by atoms with Crippen LogP contribution < -0.4 is 9.80 Å². The minimum Gasteiger partial charge on any atom is -0.454 e. The predicted molar refractivity (Wildman–Crippen MR) is 353 cm³/mol. The van der Waals surface area contributed by atoms with Crippen molar-refractivity contribution in [3.63, 3.8) is 0 Å². The van der Waals surface area contributed by atoms with E-state index in [0.717, 1.165) is 67.2 Å². The average molecular weight is 1100 g/mol. The zero-order chi connectivity index (χ0) is 55.7. The van der Waals surface area contributed by atoms with Crippen molar-refractivity contribution in [2.75, 3.05) is 9.80 Å². The van der Waals surface area contributed by atoms with E-state index in [4.69, 9.17) is 8.83 Å². The molecule has 0 atom stereocenters. The molecule has 2 heterocycles. The van der Waals surface area contributed by atoms with Gasteiger partial charge >= 0.3 is 0 Å². The minimum atomic E-state index is -0.735. The van der Waals surface area contributed by atoms with E-state index in [1.807, 2.05) is 0 Å². The highest BCUT2D eigenvalue weighted by Gasteiger charge is 2.53. The summed E-state index contributed by atoms with van der Waals surface area (Å²) in [6, 6.07) is 91.4. The van der Waals surface area contributed by atoms with Crippen LogP contribution in [0.15, 0.2) is 251 Å². The van der Waals surface area contributed by atoms with Gasteiger partial charge in [-0.3, -0.25) is 0 Å². The number of para-hydroxylation sites is 6. The van der Waals surface area contributed by atoms with Gasteiger partial charge in [-0.05, 0) is 152 Å². The Kier molecular flexibility index (Phi) is 11.0. The Labute approximate surface area is 495 Å². The zero-order valence-electron chi connectivity index (χ0n) is 47.5. The van der Waals surface area contributed by atoms with Gasteiger partial charge in [-0.1, -0.05) is 233 Å². The molecule has 18 rings (SSSR count). The molecule has 85 heavy (non-hydrogen) atoms. The first-order chi connectivity index (χ1) is 42.2. The Bertz CT molecular complexity index is 4680. The van der Waals surface area contributed by atoms with E-state index in [1.165, 1.54) is 152 Å². The fourth-order valence-corrected chi connectivity index (χ4v) is 16.6. The quantitative estimate of drug-likeness (QED) is 0.152. The first kappa shape index (κ1) is 48.8. The molecular formula is C81H62N2O2. The predicted octanol–water partition coefficient (Wildman–Crippen LogP) is 23.2. The van der Waals surface area contributed by atoms with Crippen LogP contribution in [0, 0.1) is 0 Å². The number of anilines is 6. The van der Waals surface area contributed by atoms with Gasteiger partial charge in [0.25, 0.3) is 0 Å². The monoisotopic (exact) mass is 1090 g/mol. The van der Waals surface area contributed by atoms with Crippen LogP contribution >= 0.6 is 0 Å². The topological polar surface area (TPSA) is 32.8 Å². The van der Waals surface area contributed by atoms with Crippen molar-refractivity contribution < 1.29 is 8.83 Å². The van der Waals surface area contributed by atoms with Gasteiger partial charge < -0.3 is 18.6 Å². The van der Waals surface area contributed by atoms with Crippen molar-refractivity contribution in [3.05, 3.63) is 276 Å². The molecule has 12 aromatic carbocycles. The van der Waals surface area contributed by atoms with Crippen molar-refractivity contribution in [1.82, 2.24) is 0 Å². The largest absolute Gasteiger partial charge is 0.454 e. The van der Waals surface area contributed by atoms with Crippen LogP contribution in [0.25, 0.3) is 87.7 Å². The van der Waals surface area contributed by atoms with Crippen LogP contribution in [0.1, 0.15) is 109 Å². The second-order valence-electron chi connectivity index (χ2n) is 24.5. The van der Waals surface area contributed by atoms with Crippen LogP contribution in [0.4, 0.5) is 34.1 Å². The van der Waals surface area contributed by atoms with Crippen LogP contribution in [0.5, 0.6) is 0 Å². The number of rotatable bonds is 8. The summed E-state index contributed by atoms with van der Waals surface area (Å²) >= 11 is 0. The summed E-state index contributed by atoms with van der Waals surface area (Å²) in [7, 11) is 0. The highest BCUT2D eigenvalue weighted by atomic mass is 16.3. The van der Waals surface area contributed by atoms with Crippen molar-refractivity contribution in [1.29, 1.82) is 0 Å². The minimum absolute atomic E-state index is 0.497. The van der Waals surface area contributed by atoms with E-state index in [9.17, 15) is 0 Å². The Balaban J connectivity index is 0.939. The summed E-state index contributed by atoms with van der Waals surface area (Å²) in [5, 5.41) is 9.44. The molecule has 2 aromatic heterocycles. The number of nitrogens with zero attached hydrogens (tertiary/aromatic N) is 2. The maximum absolute atomic E-state index is 7.41. The summed E-state index contributed by atoms with van der Waals surface area (Å²) < 4.78 is 14.8. The number of hydrogen-bond donors (Lipinski definition) is 0. The van der Waals surface area contributed by atoms with E-state index >= 15 is 0 Å². The zero-order valence-corrected chi connectivity index (χ0v) is 47.5. The molecule has 2 saturated carbocycles. The molecule has 1 spiro atoms. The number of hydrogen-bond acceptors (Lipinski definition) is 4. The normalized spacial score (nSPS) is 15.5. The lowest BCUT2D eigenvalue weighted by Gasteiger charge is -2.34. The van der Waals surface area contributed by atoms with Crippen molar-refractivity contribution >= 4 is 99.5 Å². The van der Waals surface area contributed by atoms with Crippen LogP contribution in [-0.2, 0) is 5.41 Å². The lowest BCUT2D eigenvalue weighted by Crippen LogP contribution is -2.26. The number of furan rings is 2. The van der Waals surface area contributed by atoms with Gasteiger partial charge in [0, 0.05) is 43.7 Å². The van der Waals surface area contributed by atoms with Gasteiger partial charge in [-0.2, -0.15) is 0 Å². The molecule has 2 fully saturated rings. The van der Waals surface area contributed by atoms with E-state index in [2.05, 4.69) is 252 Å². The van der Waals surface area contributed by atoms with Crippen molar-refractivity contribution in [3.8, 4) is 22.3 Å². The maximum Gasteiger partial charge on any atom is 0.159 e. The Hall–Kier alpha value is -9.64. The molecule has 0 radical (unpaired) electrons. The van der Waals surface area contributed by atoms with Crippen LogP contribution in [0.3, 0.4) is 0 Å². The van der Waals surface area contributed by atoms with Crippen molar-refractivity contribution in [2.45, 2.75) is 81.5 Å². The fourth-order valence-electron chi connectivity index (χ4n) is 16.6. The van der Waals surface area contributed by atoms with Crippen molar-refractivity contribution in [2.24, 2.45) is 0 Å². The van der Waals surface area contributed by atoms with Crippen LogP contribution in [0.2, 0.25) is 0 Å².